The van der Waals surface area contributed by atoms with Gasteiger partial charge in [0.1, 0.15) is 19.3 Å². The van der Waals surface area contributed by atoms with Gasteiger partial charge in [0, 0.05) is 25.7 Å². The third-order valence-corrected chi connectivity index (χ3v) is 19.6. The number of phosphoric ester groups is 2. The van der Waals surface area contributed by atoms with Crippen molar-refractivity contribution in [2.45, 2.75) is 401 Å². The number of aliphatic hydroxyl groups excluding tert-OH is 1. The first kappa shape index (κ1) is 92.1. The van der Waals surface area contributed by atoms with Crippen LogP contribution in [0.2, 0.25) is 0 Å². The molecule has 17 nitrogen and oxygen atoms in total. The van der Waals surface area contributed by atoms with Crippen LogP contribution in [0.3, 0.4) is 0 Å². The quantitative estimate of drug-likeness (QED) is 0.0222. The van der Waals surface area contributed by atoms with E-state index >= 15 is 0 Å². The first-order valence-electron chi connectivity index (χ1n) is 38.9. The van der Waals surface area contributed by atoms with E-state index in [9.17, 15) is 43.2 Å². The van der Waals surface area contributed by atoms with Crippen molar-refractivity contribution in [3.8, 4) is 0 Å². The number of unbranched alkanes of at least 4 members (excludes halogenated alkanes) is 40. The fourth-order valence-electron chi connectivity index (χ4n) is 11.4. The van der Waals surface area contributed by atoms with Gasteiger partial charge in [-0.3, -0.25) is 37.3 Å². The van der Waals surface area contributed by atoms with Crippen LogP contribution in [-0.4, -0.2) is 96.7 Å². The SMILES string of the molecule is CCCCCCCCCCC(=O)OC[C@H](COP(=O)(O)OC[C@H](O)COP(=O)(O)OC[C@@H](COC(=O)CCCCCCCCCCCCCCCCC(C)C)OC(=O)CCCCCCCCCCCCCCCCC(C)C)OC(=O)CCCCCCCCCCC(C)CC. The summed E-state index contributed by atoms with van der Waals surface area (Å²) in [5.74, 6) is 0.242. The molecular formula is C75H146O17P2. The third kappa shape index (κ3) is 67.3. The zero-order chi connectivity index (χ0) is 69.4. The molecule has 0 aromatic carbocycles. The minimum Gasteiger partial charge on any atom is -0.462 e. The Labute approximate surface area is 575 Å². The van der Waals surface area contributed by atoms with E-state index < -0.39 is 97.5 Å². The molecule has 19 heteroatoms. The summed E-state index contributed by atoms with van der Waals surface area (Å²) in [4.78, 5) is 72.7. The molecule has 0 aliphatic heterocycles. The number of ether oxygens (including phenoxy) is 4. The van der Waals surface area contributed by atoms with Crippen LogP contribution < -0.4 is 0 Å². The van der Waals surface area contributed by atoms with Crippen LogP contribution in [0, 0.1) is 17.8 Å². The maximum absolute atomic E-state index is 13.1. The van der Waals surface area contributed by atoms with Crippen molar-refractivity contribution >= 4 is 39.5 Å². The number of carbonyl (C=O) groups excluding carboxylic acids is 4. The molecule has 3 N–H and O–H groups in total. The summed E-state index contributed by atoms with van der Waals surface area (Å²) in [7, 11) is -9.91. The lowest BCUT2D eigenvalue weighted by Crippen LogP contribution is -2.30. The largest absolute Gasteiger partial charge is 0.472 e. The molecule has 0 aromatic rings. The lowest BCUT2D eigenvalue weighted by molar-refractivity contribution is -0.161. The molecule has 3 unspecified atom stereocenters. The van der Waals surface area contributed by atoms with E-state index in [-0.39, 0.29) is 25.7 Å². The Morgan fingerprint density at radius 2 is 0.543 bits per heavy atom. The first-order chi connectivity index (χ1) is 45.3. The molecule has 0 aromatic heterocycles. The van der Waals surface area contributed by atoms with Crippen molar-refractivity contribution in [3.63, 3.8) is 0 Å². The van der Waals surface area contributed by atoms with Crippen molar-refractivity contribution in [2.75, 3.05) is 39.6 Å². The molecule has 94 heavy (non-hydrogen) atoms. The summed E-state index contributed by atoms with van der Waals surface area (Å²) < 4.78 is 68.4. The lowest BCUT2D eigenvalue weighted by Gasteiger charge is -2.21. The highest BCUT2D eigenvalue weighted by Crippen LogP contribution is 2.45. The van der Waals surface area contributed by atoms with Gasteiger partial charge in [-0.1, -0.05) is 331 Å². The Morgan fingerprint density at radius 3 is 0.809 bits per heavy atom. The van der Waals surface area contributed by atoms with E-state index in [1.807, 2.05) is 0 Å². The summed E-state index contributed by atoms with van der Waals surface area (Å²) in [5, 5.41) is 10.6. The van der Waals surface area contributed by atoms with Crippen LogP contribution in [0.5, 0.6) is 0 Å². The molecule has 0 saturated carbocycles. The molecule has 0 heterocycles. The highest BCUT2D eigenvalue weighted by Gasteiger charge is 2.30. The zero-order valence-electron chi connectivity index (χ0n) is 61.4. The molecule has 0 aliphatic carbocycles. The van der Waals surface area contributed by atoms with Gasteiger partial charge in [0.2, 0.25) is 0 Å². The van der Waals surface area contributed by atoms with Crippen LogP contribution >= 0.6 is 15.6 Å². The molecule has 0 bridgehead atoms. The number of hydrogen-bond donors (Lipinski definition) is 3. The number of carbonyl (C=O) groups is 4. The highest BCUT2D eigenvalue weighted by molar-refractivity contribution is 7.47. The van der Waals surface area contributed by atoms with E-state index in [1.54, 1.807) is 0 Å². The predicted octanol–water partition coefficient (Wildman–Crippen LogP) is 21.8. The molecule has 558 valence electrons. The molecule has 6 atom stereocenters. The first-order valence-corrected chi connectivity index (χ1v) is 41.9. The molecule has 0 rings (SSSR count). The molecule has 0 fully saturated rings. The molecule has 0 saturated heterocycles. The Bertz CT molecular complexity index is 1840. The molecule has 0 spiro atoms. The number of hydrogen-bond acceptors (Lipinski definition) is 15. The van der Waals surface area contributed by atoms with Crippen molar-refractivity contribution in [3.05, 3.63) is 0 Å². The van der Waals surface area contributed by atoms with Gasteiger partial charge in [0.25, 0.3) is 0 Å². The smallest absolute Gasteiger partial charge is 0.462 e. The van der Waals surface area contributed by atoms with Gasteiger partial charge in [-0.15, -0.1) is 0 Å². The summed E-state index contributed by atoms with van der Waals surface area (Å²) in [6.07, 6.45) is 51.3. The number of rotatable bonds is 73. The summed E-state index contributed by atoms with van der Waals surface area (Å²) >= 11 is 0. The van der Waals surface area contributed by atoms with Crippen LogP contribution in [0.4, 0.5) is 0 Å². The van der Waals surface area contributed by atoms with E-state index in [1.165, 1.54) is 186 Å². The second-order valence-electron chi connectivity index (χ2n) is 28.2. The maximum Gasteiger partial charge on any atom is 0.472 e. The summed E-state index contributed by atoms with van der Waals surface area (Å²) in [5.41, 5.74) is 0. The summed E-state index contributed by atoms with van der Waals surface area (Å²) in [6, 6.07) is 0. The maximum atomic E-state index is 13.1. The molecule has 0 aliphatic rings. The number of esters is 4. The van der Waals surface area contributed by atoms with Crippen LogP contribution in [0.25, 0.3) is 0 Å². The van der Waals surface area contributed by atoms with Gasteiger partial charge in [0.05, 0.1) is 26.4 Å². The Morgan fingerprint density at radius 1 is 0.309 bits per heavy atom. The van der Waals surface area contributed by atoms with E-state index in [0.717, 1.165) is 114 Å². The van der Waals surface area contributed by atoms with Gasteiger partial charge < -0.3 is 33.8 Å². The standard InChI is InChI=1S/C75H146O17P2/c1-8-10-11-12-13-35-42-49-56-72(77)85-62-70(92-75(80)59-52-45-38-31-30-34-41-48-55-68(7)9-2)64-89-93(81,82)87-60-69(76)61-88-94(83,84)90-65-71(91-74(79)58-51-44-37-29-25-21-17-15-19-23-27-33-40-47-54-67(5)6)63-86-73(78)57-50-43-36-28-24-20-16-14-18-22-26-32-39-46-53-66(3)4/h66-71,76H,8-65H2,1-7H3,(H,81,82)(H,83,84)/t68?,69-,70+,71+/m0/s1. The van der Waals surface area contributed by atoms with Crippen LogP contribution in [0.1, 0.15) is 382 Å². The monoisotopic (exact) mass is 1380 g/mol. The van der Waals surface area contributed by atoms with Crippen molar-refractivity contribution < 1.29 is 80.2 Å². The second kappa shape index (κ2) is 65.7. The zero-order valence-corrected chi connectivity index (χ0v) is 63.2. The molecule has 0 amide bonds. The number of phosphoric acid groups is 2. The van der Waals surface area contributed by atoms with Gasteiger partial charge in [-0.2, -0.15) is 0 Å². The van der Waals surface area contributed by atoms with E-state index in [2.05, 4.69) is 48.5 Å². The normalized spacial score (nSPS) is 14.4. The van der Waals surface area contributed by atoms with Crippen molar-refractivity contribution in [1.82, 2.24) is 0 Å². The minimum absolute atomic E-state index is 0.105. The van der Waals surface area contributed by atoms with Gasteiger partial charge in [-0.25, -0.2) is 9.13 Å². The van der Waals surface area contributed by atoms with Crippen molar-refractivity contribution in [1.29, 1.82) is 0 Å². The fraction of sp³-hybridized carbons (Fsp3) is 0.947. The number of aliphatic hydroxyl groups is 1. The molecule has 0 radical (unpaired) electrons. The topological polar surface area (TPSA) is 237 Å². The Kier molecular flexibility index (Phi) is 64.3. The van der Waals surface area contributed by atoms with Crippen LogP contribution in [0.15, 0.2) is 0 Å². The van der Waals surface area contributed by atoms with Gasteiger partial charge in [0.15, 0.2) is 12.2 Å². The van der Waals surface area contributed by atoms with Crippen molar-refractivity contribution in [2.24, 2.45) is 17.8 Å². The highest BCUT2D eigenvalue weighted by atomic mass is 31.2. The average Bonchev–Trinajstić information content (AvgIpc) is 2.28. The fourth-order valence-corrected chi connectivity index (χ4v) is 13.0. The predicted molar refractivity (Wildman–Crippen MR) is 381 cm³/mol. The van der Waals surface area contributed by atoms with Gasteiger partial charge in [-0.05, 0) is 43.4 Å². The Balaban J connectivity index is 5.22. The average molecular weight is 1380 g/mol. The second-order valence-corrected chi connectivity index (χ2v) is 31.1. The summed E-state index contributed by atoms with van der Waals surface area (Å²) in [6.45, 7) is 11.9. The third-order valence-electron chi connectivity index (χ3n) is 17.7. The lowest BCUT2D eigenvalue weighted by atomic mass is 9.99. The van der Waals surface area contributed by atoms with E-state index in [0.29, 0.717) is 25.7 Å². The Hall–Kier alpha value is -1.94. The van der Waals surface area contributed by atoms with E-state index in [4.69, 9.17) is 37.0 Å². The minimum atomic E-state index is -4.96. The molecular weight excluding hydrogens is 1230 g/mol. The van der Waals surface area contributed by atoms with Crippen LogP contribution in [-0.2, 0) is 65.4 Å². The van der Waals surface area contributed by atoms with Gasteiger partial charge >= 0.3 is 39.5 Å².